The third kappa shape index (κ3) is 1.60. The minimum absolute atomic E-state index is 0.620. The molecule has 0 radical (unpaired) electrons. The summed E-state index contributed by atoms with van der Waals surface area (Å²) in [5.74, 6) is 0. The van der Waals surface area contributed by atoms with Crippen molar-refractivity contribution in [1.29, 1.82) is 0 Å². The summed E-state index contributed by atoms with van der Waals surface area (Å²) in [4.78, 5) is 4.43. The first kappa shape index (κ1) is 10.1. The van der Waals surface area contributed by atoms with Crippen LogP contribution in [0, 0.1) is 0 Å². The molecule has 1 aromatic carbocycles. The lowest BCUT2D eigenvalue weighted by molar-refractivity contribution is 0.766. The van der Waals surface area contributed by atoms with Crippen LogP contribution in [0.1, 0.15) is 24.4 Å². The predicted octanol–water partition coefficient (Wildman–Crippen LogP) is 2.53. The van der Waals surface area contributed by atoms with Crippen LogP contribution in [0.5, 0.6) is 0 Å². The molecule has 16 heavy (non-hydrogen) atoms. The fourth-order valence-corrected chi connectivity index (χ4v) is 2.33. The molecule has 0 aliphatic heterocycles. The van der Waals surface area contributed by atoms with Crippen LogP contribution in [-0.2, 0) is 6.42 Å². The highest BCUT2D eigenvalue weighted by atomic mass is 35.5. The quantitative estimate of drug-likeness (QED) is 0.889. The topological polar surface area (TPSA) is 43.8 Å². The van der Waals surface area contributed by atoms with Crippen LogP contribution < -0.4 is 5.73 Å². The van der Waals surface area contributed by atoms with E-state index in [1.54, 1.807) is 0 Å². The Balaban J connectivity index is 2.12. The van der Waals surface area contributed by atoms with Gasteiger partial charge in [0.2, 0.25) is 0 Å². The van der Waals surface area contributed by atoms with E-state index in [0.717, 1.165) is 28.0 Å². The first-order chi connectivity index (χ1) is 7.79. The average Bonchev–Trinajstić information content (AvgIpc) is 3.03. The Morgan fingerprint density at radius 1 is 1.44 bits per heavy atom. The van der Waals surface area contributed by atoms with Crippen molar-refractivity contribution < 1.29 is 0 Å². The van der Waals surface area contributed by atoms with Crippen LogP contribution in [0.2, 0.25) is 5.02 Å². The number of benzene rings is 1. The summed E-state index contributed by atoms with van der Waals surface area (Å²) in [6.45, 7) is 0.620. The zero-order valence-corrected chi connectivity index (χ0v) is 9.74. The number of imidazole rings is 1. The molecule has 0 spiro atoms. The molecule has 3 rings (SSSR count). The molecule has 2 aromatic rings. The minimum Gasteiger partial charge on any atom is -0.330 e. The first-order valence-corrected chi connectivity index (χ1v) is 6.02. The van der Waals surface area contributed by atoms with Crippen molar-refractivity contribution in [3.63, 3.8) is 0 Å². The molecule has 84 valence electrons. The van der Waals surface area contributed by atoms with E-state index in [1.165, 1.54) is 12.8 Å². The van der Waals surface area contributed by atoms with E-state index in [2.05, 4.69) is 15.6 Å². The molecule has 0 amide bonds. The number of hydrogen-bond acceptors (Lipinski definition) is 2. The van der Waals surface area contributed by atoms with E-state index in [-0.39, 0.29) is 0 Å². The van der Waals surface area contributed by atoms with Crippen molar-refractivity contribution in [1.82, 2.24) is 9.55 Å². The van der Waals surface area contributed by atoms with E-state index in [4.69, 9.17) is 17.3 Å². The maximum absolute atomic E-state index is 6.24. The first-order valence-electron chi connectivity index (χ1n) is 5.64. The van der Waals surface area contributed by atoms with Gasteiger partial charge in [0, 0.05) is 11.1 Å². The second-order valence-electron chi connectivity index (χ2n) is 4.35. The second kappa shape index (κ2) is 3.75. The zero-order chi connectivity index (χ0) is 11.1. The van der Waals surface area contributed by atoms with Crippen LogP contribution in [0.25, 0.3) is 11.0 Å². The molecule has 1 saturated carbocycles. The predicted molar refractivity (Wildman–Crippen MR) is 65.8 cm³/mol. The van der Waals surface area contributed by atoms with Crippen LogP contribution in [0.3, 0.4) is 0 Å². The SMILES string of the molecule is NCCc1cc2ncn(C3CC3)c2cc1Cl. The van der Waals surface area contributed by atoms with Gasteiger partial charge in [-0.15, -0.1) is 0 Å². The highest BCUT2D eigenvalue weighted by Gasteiger charge is 2.25. The zero-order valence-electron chi connectivity index (χ0n) is 8.99. The van der Waals surface area contributed by atoms with Gasteiger partial charge in [-0.25, -0.2) is 4.98 Å². The molecule has 4 heteroatoms. The molecule has 1 aromatic heterocycles. The molecule has 0 unspecified atom stereocenters. The lowest BCUT2D eigenvalue weighted by Crippen LogP contribution is -2.03. The number of halogens is 1. The number of fused-ring (bicyclic) bond motifs is 1. The van der Waals surface area contributed by atoms with Gasteiger partial charge >= 0.3 is 0 Å². The number of nitrogens with two attached hydrogens (primary N) is 1. The Morgan fingerprint density at radius 2 is 2.25 bits per heavy atom. The molecular weight excluding hydrogens is 222 g/mol. The Hall–Kier alpha value is -1.06. The van der Waals surface area contributed by atoms with Gasteiger partial charge in [-0.1, -0.05) is 11.6 Å². The van der Waals surface area contributed by atoms with Crippen LogP contribution in [-0.4, -0.2) is 16.1 Å². The van der Waals surface area contributed by atoms with Gasteiger partial charge in [0.15, 0.2) is 0 Å². The second-order valence-corrected chi connectivity index (χ2v) is 4.76. The molecule has 3 nitrogen and oxygen atoms in total. The third-order valence-electron chi connectivity index (χ3n) is 3.10. The Morgan fingerprint density at radius 3 is 2.94 bits per heavy atom. The van der Waals surface area contributed by atoms with Gasteiger partial charge in [-0.2, -0.15) is 0 Å². The largest absolute Gasteiger partial charge is 0.330 e. The normalized spacial score (nSPS) is 15.9. The maximum Gasteiger partial charge on any atom is 0.0960 e. The van der Waals surface area contributed by atoms with Crippen LogP contribution in [0.4, 0.5) is 0 Å². The van der Waals surface area contributed by atoms with Gasteiger partial charge < -0.3 is 10.3 Å². The summed E-state index contributed by atoms with van der Waals surface area (Å²) in [5, 5.41) is 0.806. The van der Waals surface area contributed by atoms with Crippen molar-refractivity contribution in [3.8, 4) is 0 Å². The molecule has 0 saturated heterocycles. The Labute approximate surface area is 99.2 Å². The Kier molecular flexibility index (Phi) is 2.37. The van der Waals surface area contributed by atoms with E-state index in [1.807, 2.05) is 12.4 Å². The van der Waals surface area contributed by atoms with Crippen molar-refractivity contribution in [2.24, 2.45) is 5.73 Å². The van der Waals surface area contributed by atoms with E-state index in [0.29, 0.717) is 12.6 Å². The minimum atomic E-state index is 0.620. The van der Waals surface area contributed by atoms with Crippen LogP contribution in [0.15, 0.2) is 18.5 Å². The highest BCUT2D eigenvalue weighted by molar-refractivity contribution is 6.32. The average molecular weight is 236 g/mol. The van der Waals surface area contributed by atoms with Crippen LogP contribution >= 0.6 is 11.6 Å². The standard InChI is InChI=1S/C12H14ClN3/c13-10-6-12-11(5-8(10)3-4-14)15-7-16(12)9-1-2-9/h5-7,9H,1-4,14H2. The summed E-state index contributed by atoms with van der Waals surface area (Å²) in [7, 11) is 0. The molecule has 1 aliphatic carbocycles. The summed E-state index contributed by atoms with van der Waals surface area (Å²) in [5.41, 5.74) is 8.82. The number of hydrogen-bond donors (Lipinski definition) is 1. The van der Waals surface area contributed by atoms with E-state index < -0.39 is 0 Å². The summed E-state index contributed by atoms with van der Waals surface area (Å²) in [6.07, 6.45) is 5.25. The summed E-state index contributed by atoms with van der Waals surface area (Å²) in [6, 6.07) is 4.72. The van der Waals surface area contributed by atoms with Gasteiger partial charge in [-0.05, 0) is 43.5 Å². The Bertz CT molecular complexity index is 528. The third-order valence-corrected chi connectivity index (χ3v) is 3.45. The maximum atomic E-state index is 6.24. The van der Waals surface area contributed by atoms with Crippen molar-refractivity contribution in [3.05, 3.63) is 29.0 Å². The molecule has 0 atom stereocenters. The summed E-state index contributed by atoms with van der Waals surface area (Å²) >= 11 is 6.24. The molecule has 1 heterocycles. The van der Waals surface area contributed by atoms with E-state index >= 15 is 0 Å². The molecule has 0 bridgehead atoms. The van der Waals surface area contributed by atoms with Crippen molar-refractivity contribution in [2.75, 3.05) is 6.54 Å². The molecule has 1 aliphatic rings. The number of aromatic nitrogens is 2. The molecule has 2 N–H and O–H groups in total. The van der Waals surface area contributed by atoms with Gasteiger partial charge in [0.05, 0.1) is 17.4 Å². The summed E-state index contributed by atoms with van der Waals surface area (Å²) < 4.78 is 2.23. The molecule has 1 fully saturated rings. The van der Waals surface area contributed by atoms with Gasteiger partial charge in [-0.3, -0.25) is 0 Å². The lowest BCUT2D eigenvalue weighted by Gasteiger charge is -2.05. The van der Waals surface area contributed by atoms with E-state index in [9.17, 15) is 0 Å². The van der Waals surface area contributed by atoms with Gasteiger partial charge in [0.25, 0.3) is 0 Å². The molecular formula is C12H14ClN3. The number of nitrogens with zero attached hydrogens (tertiary/aromatic N) is 2. The van der Waals surface area contributed by atoms with Gasteiger partial charge in [0.1, 0.15) is 0 Å². The lowest BCUT2D eigenvalue weighted by atomic mass is 10.1. The smallest absolute Gasteiger partial charge is 0.0960 e. The monoisotopic (exact) mass is 235 g/mol. The van der Waals surface area contributed by atoms with Crippen molar-refractivity contribution in [2.45, 2.75) is 25.3 Å². The van der Waals surface area contributed by atoms with Crippen molar-refractivity contribution >= 4 is 22.6 Å². The fourth-order valence-electron chi connectivity index (χ4n) is 2.08. The highest BCUT2D eigenvalue weighted by Crippen LogP contribution is 2.37. The fraction of sp³-hybridized carbons (Fsp3) is 0.417. The number of rotatable bonds is 3.